The summed E-state index contributed by atoms with van der Waals surface area (Å²) >= 11 is 5.80. The van der Waals surface area contributed by atoms with Gasteiger partial charge < -0.3 is 9.47 Å². The zero-order valence-corrected chi connectivity index (χ0v) is 9.44. The maximum absolute atomic E-state index is 13.7. The van der Waals surface area contributed by atoms with Crippen molar-refractivity contribution in [3.63, 3.8) is 0 Å². The second-order valence-electron chi connectivity index (χ2n) is 3.49. The Morgan fingerprint density at radius 3 is 2.81 bits per heavy atom. The van der Waals surface area contributed by atoms with Gasteiger partial charge in [0.1, 0.15) is 5.02 Å². The number of rotatable bonds is 1. The van der Waals surface area contributed by atoms with Crippen LogP contribution in [0.2, 0.25) is 5.02 Å². The summed E-state index contributed by atoms with van der Waals surface area (Å²) in [5.74, 6) is -0.635. The Labute approximate surface area is 97.1 Å². The lowest BCUT2D eigenvalue weighted by molar-refractivity contribution is 0.101. The van der Waals surface area contributed by atoms with Crippen LogP contribution in [0, 0.1) is 5.82 Å². The van der Waals surface area contributed by atoms with Crippen LogP contribution in [-0.4, -0.2) is 19.0 Å². The van der Waals surface area contributed by atoms with Crippen molar-refractivity contribution in [3.8, 4) is 11.5 Å². The van der Waals surface area contributed by atoms with Crippen molar-refractivity contribution in [2.24, 2.45) is 0 Å². The maximum Gasteiger partial charge on any atom is 0.182 e. The summed E-state index contributed by atoms with van der Waals surface area (Å²) in [4.78, 5) is 11.2. The SMILES string of the molecule is CC(=O)c1cc2c(c(Cl)c1F)OCCCO2. The largest absolute Gasteiger partial charge is 0.489 e. The number of benzene rings is 1. The first-order chi connectivity index (χ1) is 7.61. The van der Waals surface area contributed by atoms with Crippen LogP contribution >= 0.6 is 11.6 Å². The molecule has 86 valence electrons. The molecule has 0 N–H and O–H groups in total. The molecule has 1 aromatic rings. The Kier molecular flexibility index (Phi) is 3.01. The number of carbonyl (C=O) groups excluding carboxylic acids is 1. The van der Waals surface area contributed by atoms with Crippen molar-refractivity contribution in [2.75, 3.05) is 13.2 Å². The van der Waals surface area contributed by atoms with Gasteiger partial charge in [0.15, 0.2) is 23.1 Å². The highest BCUT2D eigenvalue weighted by atomic mass is 35.5. The van der Waals surface area contributed by atoms with E-state index in [-0.39, 0.29) is 16.3 Å². The lowest BCUT2D eigenvalue weighted by Crippen LogP contribution is -2.02. The van der Waals surface area contributed by atoms with E-state index in [0.717, 1.165) is 0 Å². The summed E-state index contributed by atoms with van der Waals surface area (Å²) in [7, 11) is 0. The molecule has 0 saturated heterocycles. The van der Waals surface area contributed by atoms with Crippen LogP contribution < -0.4 is 9.47 Å². The summed E-state index contributed by atoms with van der Waals surface area (Å²) in [5, 5.41) is -0.190. The third kappa shape index (κ3) is 1.85. The van der Waals surface area contributed by atoms with E-state index in [1.165, 1.54) is 13.0 Å². The van der Waals surface area contributed by atoms with Crippen LogP contribution in [0.3, 0.4) is 0 Å². The molecule has 1 aliphatic rings. The highest BCUT2D eigenvalue weighted by Crippen LogP contribution is 2.40. The van der Waals surface area contributed by atoms with E-state index in [2.05, 4.69) is 0 Å². The zero-order chi connectivity index (χ0) is 11.7. The summed E-state index contributed by atoms with van der Waals surface area (Å²) in [5.41, 5.74) is -0.0748. The Morgan fingerprint density at radius 1 is 1.44 bits per heavy atom. The zero-order valence-electron chi connectivity index (χ0n) is 8.68. The maximum atomic E-state index is 13.7. The predicted octanol–water partition coefficient (Wildman–Crippen LogP) is 2.84. The van der Waals surface area contributed by atoms with Crippen LogP contribution in [0.25, 0.3) is 0 Å². The van der Waals surface area contributed by atoms with Crippen molar-refractivity contribution < 1.29 is 18.7 Å². The second kappa shape index (κ2) is 4.29. The number of hydrogen-bond donors (Lipinski definition) is 0. The number of halogens is 2. The van der Waals surface area contributed by atoms with Crippen LogP contribution in [-0.2, 0) is 0 Å². The molecule has 0 spiro atoms. The van der Waals surface area contributed by atoms with Gasteiger partial charge >= 0.3 is 0 Å². The van der Waals surface area contributed by atoms with Crippen molar-refractivity contribution >= 4 is 17.4 Å². The molecule has 0 unspecified atom stereocenters. The van der Waals surface area contributed by atoms with E-state index in [1.807, 2.05) is 0 Å². The molecular weight excluding hydrogens is 235 g/mol. The van der Waals surface area contributed by atoms with Gasteiger partial charge in [0, 0.05) is 6.42 Å². The van der Waals surface area contributed by atoms with Gasteiger partial charge in [-0.05, 0) is 13.0 Å². The highest BCUT2D eigenvalue weighted by molar-refractivity contribution is 6.33. The fourth-order valence-corrected chi connectivity index (χ4v) is 1.75. The lowest BCUT2D eigenvalue weighted by atomic mass is 10.1. The molecule has 0 aliphatic carbocycles. The minimum Gasteiger partial charge on any atom is -0.489 e. The van der Waals surface area contributed by atoms with Crippen LogP contribution in [0.5, 0.6) is 11.5 Å². The molecule has 0 saturated carbocycles. The van der Waals surface area contributed by atoms with E-state index in [1.54, 1.807) is 0 Å². The van der Waals surface area contributed by atoms with E-state index in [9.17, 15) is 9.18 Å². The van der Waals surface area contributed by atoms with Gasteiger partial charge in [0.05, 0.1) is 18.8 Å². The van der Waals surface area contributed by atoms with Crippen molar-refractivity contribution in [2.45, 2.75) is 13.3 Å². The Balaban J connectivity index is 2.59. The number of fused-ring (bicyclic) bond motifs is 1. The van der Waals surface area contributed by atoms with Gasteiger partial charge in [-0.15, -0.1) is 0 Å². The summed E-state index contributed by atoms with van der Waals surface area (Å²) in [6.45, 7) is 2.16. The standard InChI is InChI=1S/C11H10ClFO3/c1-6(14)7-5-8-11(9(12)10(7)13)16-4-2-3-15-8/h5H,2-4H2,1H3. The predicted molar refractivity (Wildman–Crippen MR) is 57.0 cm³/mol. The number of ether oxygens (including phenoxy) is 2. The van der Waals surface area contributed by atoms with Crippen molar-refractivity contribution in [1.82, 2.24) is 0 Å². The molecule has 3 nitrogen and oxygen atoms in total. The van der Waals surface area contributed by atoms with Crippen LogP contribution in [0.4, 0.5) is 4.39 Å². The average Bonchev–Trinajstić information content (AvgIpc) is 2.48. The molecule has 5 heteroatoms. The smallest absolute Gasteiger partial charge is 0.182 e. The van der Waals surface area contributed by atoms with E-state index in [0.29, 0.717) is 25.4 Å². The normalized spacial score (nSPS) is 14.4. The molecule has 0 atom stereocenters. The number of carbonyl (C=O) groups is 1. The van der Waals surface area contributed by atoms with E-state index < -0.39 is 11.6 Å². The molecule has 0 radical (unpaired) electrons. The monoisotopic (exact) mass is 244 g/mol. The summed E-state index contributed by atoms with van der Waals surface area (Å²) < 4.78 is 24.3. The molecular formula is C11H10ClFO3. The second-order valence-corrected chi connectivity index (χ2v) is 3.86. The third-order valence-electron chi connectivity index (χ3n) is 2.30. The molecule has 1 heterocycles. The Hall–Kier alpha value is -1.29. The third-order valence-corrected chi connectivity index (χ3v) is 2.64. The molecule has 0 bridgehead atoms. The van der Waals surface area contributed by atoms with Gasteiger partial charge in [-0.3, -0.25) is 4.79 Å². The van der Waals surface area contributed by atoms with Gasteiger partial charge in [-0.1, -0.05) is 11.6 Å². The van der Waals surface area contributed by atoms with Gasteiger partial charge in [-0.2, -0.15) is 0 Å². The van der Waals surface area contributed by atoms with Crippen molar-refractivity contribution in [3.05, 3.63) is 22.5 Å². The molecule has 0 fully saturated rings. The number of hydrogen-bond acceptors (Lipinski definition) is 3. The minimum absolute atomic E-state index is 0.0748. The molecule has 1 aromatic carbocycles. The quantitative estimate of drug-likeness (QED) is 0.713. The van der Waals surface area contributed by atoms with E-state index in [4.69, 9.17) is 21.1 Å². The fraction of sp³-hybridized carbons (Fsp3) is 0.364. The van der Waals surface area contributed by atoms with Crippen LogP contribution in [0.15, 0.2) is 6.07 Å². The first-order valence-electron chi connectivity index (χ1n) is 4.90. The molecule has 1 aliphatic heterocycles. The van der Waals surface area contributed by atoms with Crippen molar-refractivity contribution in [1.29, 1.82) is 0 Å². The molecule has 2 rings (SSSR count). The summed E-state index contributed by atoms with van der Waals surface area (Å²) in [6, 6.07) is 1.34. The Morgan fingerprint density at radius 2 is 2.12 bits per heavy atom. The molecule has 16 heavy (non-hydrogen) atoms. The summed E-state index contributed by atoms with van der Waals surface area (Å²) in [6.07, 6.45) is 0.696. The van der Waals surface area contributed by atoms with Gasteiger partial charge in [0.25, 0.3) is 0 Å². The minimum atomic E-state index is -0.751. The highest BCUT2D eigenvalue weighted by Gasteiger charge is 2.22. The van der Waals surface area contributed by atoms with Gasteiger partial charge in [-0.25, -0.2) is 4.39 Å². The lowest BCUT2D eigenvalue weighted by Gasteiger charge is -2.11. The molecule has 0 aromatic heterocycles. The van der Waals surface area contributed by atoms with Crippen LogP contribution in [0.1, 0.15) is 23.7 Å². The topological polar surface area (TPSA) is 35.5 Å². The fourth-order valence-electron chi connectivity index (χ4n) is 1.50. The number of Topliss-reactive ketones (excluding diaryl/α,β-unsaturated/α-hetero) is 1. The van der Waals surface area contributed by atoms with Gasteiger partial charge in [0.2, 0.25) is 0 Å². The first kappa shape index (κ1) is 11.2. The Bertz CT molecular complexity index is 445. The number of ketones is 1. The molecule has 0 amide bonds. The van der Waals surface area contributed by atoms with E-state index >= 15 is 0 Å². The first-order valence-corrected chi connectivity index (χ1v) is 5.27. The average molecular weight is 245 g/mol.